The number of benzene rings is 2. The van der Waals surface area contributed by atoms with Crippen LogP contribution in [0.1, 0.15) is 38.3 Å². The summed E-state index contributed by atoms with van der Waals surface area (Å²) >= 11 is 7.20. The number of thioether (sulfide) groups is 1. The second kappa shape index (κ2) is 12.0. The zero-order valence-corrected chi connectivity index (χ0v) is 24.0. The number of carboxylic acids is 1. The first-order valence-electron chi connectivity index (χ1n) is 11.9. The summed E-state index contributed by atoms with van der Waals surface area (Å²) in [5.41, 5.74) is -2.88. The van der Waals surface area contributed by atoms with Crippen LogP contribution in [0.3, 0.4) is 0 Å². The van der Waals surface area contributed by atoms with Gasteiger partial charge in [0.1, 0.15) is 15.6 Å². The zero-order valence-electron chi connectivity index (χ0n) is 21.6. The number of aromatic carboxylic acids is 1. The van der Waals surface area contributed by atoms with E-state index in [-0.39, 0.29) is 50.6 Å². The summed E-state index contributed by atoms with van der Waals surface area (Å²) in [7, 11) is 0. The summed E-state index contributed by atoms with van der Waals surface area (Å²) in [6.07, 6.45) is -8.77. The van der Waals surface area contributed by atoms with Crippen LogP contribution in [0.25, 0.3) is 17.2 Å². The molecule has 0 atom stereocenters. The van der Waals surface area contributed by atoms with Crippen LogP contribution in [-0.4, -0.2) is 43.8 Å². The van der Waals surface area contributed by atoms with Crippen LogP contribution < -0.4 is 5.32 Å². The van der Waals surface area contributed by atoms with E-state index >= 15 is 0 Å². The van der Waals surface area contributed by atoms with E-state index in [9.17, 15) is 45.8 Å². The van der Waals surface area contributed by atoms with Crippen LogP contribution in [0.5, 0.6) is 5.75 Å². The summed E-state index contributed by atoms with van der Waals surface area (Å²) in [6, 6.07) is 4.78. The summed E-state index contributed by atoms with van der Waals surface area (Å²) in [4.78, 5) is 38.2. The number of rotatable bonds is 7. The van der Waals surface area contributed by atoms with Crippen molar-refractivity contribution in [3.05, 3.63) is 73.8 Å². The first kappa shape index (κ1) is 32.0. The molecule has 16 heteroatoms. The fourth-order valence-electron chi connectivity index (χ4n) is 4.01. The highest BCUT2D eigenvalue weighted by Gasteiger charge is 2.37. The van der Waals surface area contributed by atoms with Crippen molar-refractivity contribution in [3.63, 3.8) is 0 Å². The maximum absolute atomic E-state index is 13.3. The molecule has 1 saturated heterocycles. The number of anilines is 1. The second-order valence-electron chi connectivity index (χ2n) is 9.10. The molecule has 2 heterocycles. The maximum atomic E-state index is 13.3. The van der Waals surface area contributed by atoms with Gasteiger partial charge in [-0.15, -0.1) is 11.3 Å². The molecular formula is C27H18F6N2O5S3. The molecule has 226 valence electrons. The van der Waals surface area contributed by atoms with Gasteiger partial charge in [-0.05, 0) is 65.4 Å². The lowest BCUT2D eigenvalue weighted by Gasteiger charge is -2.14. The highest BCUT2D eigenvalue weighted by atomic mass is 32.2. The number of alkyl halides is 6. The van der Waals surface area contributed by atoms with Crippen LogP contribution in [-0.2, 0) is 21.9 Å². The van der Waals surface area contributed by atoms with Crippen LogP contribution in [0.4, 0.5) is 32.0 Å². The predicted octanol–water partition coefficient (Wildman–Crippen LogP) is 7.39. The lowest BCUT2D eigenvalue weighted by atomic mass is 9.98. The van der Waals surface area contributed by atoms with Gasteiger partial charge in [0.25, 0.3) is 5.91 Å². The van der Waals surface area contributed by atoms with E-state index in [0.29, 0.717) is 22.6 Å². The molecule has 0 bridgehead atoms. The van der Waals surface area contributed by atoms with E-state index in [4.69, 9.17) is 17.3 Å². The molecule has 1 aliphatic rings. The SMILES string of the molecule is Cc1c(-c2cc(C(F)(F)F)cc(C(F)(F)F)c2)csc1/C=C1\SC(=S)N(CCC(=O)Nc2ccc(C(=O)O)c(O)c2)C1=O. The normalized spacial score (nSPS) is 15.0. The van der Waals surface area contributed by atoms with Crippen LogP contribution in [0, 0.1) is 6.92 Å². The maximum Gasteiger partial charge on any atom is 0.416 e. The van der Waals surface area contributed by atoms with Crippen molar-refractivity contribution >= 4 is 69.2 Å². The van der Waals surface area contributed by atoms with Gasteiger partial charge in [-0.2, -0.15) is 26.3 Å². The van der Waals surface area contributed by atoms with E-state index in [1.807, 2.05) is 0 Å². The monoisotopic (exact) mass is 660 g/mol. The van der Waals surface area contributed by atoms with Crippen molar-refractivity contribution in [3.8, 4) is 16.9 Å². The third-order valence-corrected chi connectivity index (χ3v) is 8.60. The number of hydrogen-bond donors (Lipinski definition) is 3. The third-order valence-electron chi connectivity index (χ3n) is 6.19. The molecule has 4 rings (SSSR count). The quantitative estimate of drug-likeness (QED) is 0.138. The zero-order chi connectivity index (χ0) is 31.9. The number of phenols is 1. The van der Waals surface area contributed by atoms with Gasteiger partial charge in [0, 0.05) is 29.6 Å². The van der Waals surface area contributed by atoms with Gasteiger partial charge in [0.2, 0.25) is 5.91 Å². The van der Waals surface area contributed by atoms with Gasteiger partial charge < -0.3 is 15.5 Å². The standard InChI is InChI=1S/C27H18F6N2O5S3/c1-12-18(13-6-14(26(28,29)30)8-15(7-13)27(31,32)33)11-42-20(12)10-21-23(38)35(25(41)43-21)5-4-22(37)34-16-2-3-17(24(39)40)19(36)9-16/h2-3,6-11,36H,4-5H2,1H3,(H,34,37)(H,39,40)/b21-10-. The number of carbonyl (C=O) groups excluding carboxylic acids is 2. The molecule has 2 aromatic carbocycles. The minimum Gasteiger partial charge on any atom is -0.507 e. The van der Waals surface area contributed by atoms with Crippen LogP contribution in [0.2, 0.25) is 0 Å². The average Bonchev–Trinajstić information content (AvgIpc) is 3.39. The largest absolute Gasteiger partial charge is 0.507 e. The molecule has 0 aliphatic carbocycles. The Kier molecular flexibility index (Phi) is 8.95. The van der Waals surface area contributed by atoms with Gasteiger partial charge in [0.15, 0.2) is 0 Å². The van der Waals surface area contributed by atoms with E-state index in [0.717, 1.165) is 35.2 Å². The Balaban J connectivity index is 1.49. The minimum atomic E-state index is -5.00. The summed E-state index contributed by atoms with van der Waals surface area (Å²) in [5.74, 6) is -3.00. The lowest BCUT2D eigenvalue weighted by Crippen LogP contribution is -2.31. The summed E-state index contributed by atoms with van der Waals surface area (Å²) < 4.78 is 80.2. The Morgan fingerprint density at radius 2 is 1.67 bits per heavy atom. The molecule has 1 fully saturated rings. The number of halogens is 6. The van der Waals surface area contributed by atoms with E-state index in [1.54, 1.807) is 0 Å². The number of carboxylic acid groups (broad SMARTS) is 1. The molecule has 3 aromatic rings. The Bertz CT molecular complexity index is 1650. The molecule has 3 N–H and O–H groups in total. The number of thiocarbonyl (C=S) groups is 1. The number of amides is 2. The van der Waals surface area contributed by atoms with Gasteiger partial charge in [-0.3, -0.25) is 14.5 Å². The molecule has 2 amide bonds. The molecule has 0 spiro atoms. The molecule has 0 unspecified atom stereocenters. The van der Waals surface area contributed by atoms with E-state index in [1.165, 1.54) is 29.3 Å². The highest BCUT2D eigenvalue weighted by Crippen LogP contribution is 2.42. The van der Waals surface area contributed by atoms with Gasteiger partial charge in [-0.25, -0.2) is 4.79 Å². The number of hydrogen-bond acceptors (Lipinski definition) is 7. The number of nitrogens with zero attached hydrogens (tertiary/aromatic N) is 1. The van der Waals surface area contributed by atoms with Crippen LogP contribution >= 0.6 is 35.3 Å². The Morgan fingerprint density at radius 3 is 2.23 bits per heavy atom. The fourth-order valence-corrected chi connectivity index (χ4v) is 6.40. The van der Waals surface area contributed by atoms with Crippen molar-refractivity contribution < 1.29 is 50.9 Å². The minimum absolute atomic E-state index is 0.0522. The van der Waals surface area contributed by atoms with Crippen molar-refractivity contribution in [2.24, 2.45) is 0 Å². The molecule has 7 nitrogen and oxygen atoms in total. The molecule has 43 heavy (non-hydrogen) atoms. The van der Waals surface area contributed by atoms with E-state index in [2.05, 4.69) is 5.32 Å². The third kappa shape index (κ3) is 7.19. The molecule has 1 aromatic heterocycles. The number of thiophene rings is 1. The molecular weight excluding hydrogens is 642 g/mol. The van der Waals surface area contributed by atoms with Gasteiger partial charge >= 0.3 is 18.3 Å². The van der Waals surface area contributed by atoms with Gasteiger partial charge in [0.05, 0.1) is 16.0 Å². The molecule has 0 radical (unpaired) electrons. The number of aromatic hydroxyl groups is 1. The Morgan fingerprint density at radius 1 is 1.05 bits per heavy atom. The summed E-state index contributed by atoms with van der Waals surface area (Å²) in [6.45, 7) is 1.39. The highest BCUT2D eigenvalue weighted by molar-refractivity contribution is 8.26. The lowest BCUT2D eigenvalue weighted by molar-refractivity contribution is -0.143. The van der Waals surface area contributed by atoms with Crippen molar-refractivity contribution in [2.45, 2.75) is 25.7 Å². The second-order valence-corrected chi connectivity index (χ2v) is 11.7. The molecule has 0 saturated carbocycles. The first-order chi connectivity index (χ1) is 20.0. The average molecular weight is 661 g/mol. The van der Waals surface area contributed by atoms with Crippen molar-refractivity contribution in [1.82, 2.24) is 4.90 Å². The van der Waals surface area contributed by atoms with Gasteiger partial charge in [-0.1, -0.05) is 24.0 Å². The van der Waals surface area contributed by atoms with Crippen LogP contribution in [0.15, 0.2) is 46.7 Å². The topological polar surface area (TPSA) is 107 Å². The Hall–Kier alpha value is -3.89. The number of carbonyl (C=O) groups is 3. The Labute approximate surface area is 252 Å². The molecule has 1 aliphatic heterocycles. The fraction of sp³-hybridized carbons (Fsp3) is 0.185. The first-order valence-corrected chi connectivity index (χ1v) is 14.1. The van der Waals surface area contributed by atoms with E-state index < -0.39 is 47.0 Å². The summed E-state index contributed by atoms with van der Waals surface area (Å²) in [5, 5.41) is 22.6. The smallest absolute Gasteiger partial charge is 0.416 e. The van der Waals surface area contributed by atoms with Crippen molar-refractivity contribution in [1.29, 1.82) is 0 Å². The van der Waals surface area contributed by atoms with Crippen molar-refractivity contribution in [2.75, 3.05) is 11.9 Å². The predicted molar refractivity (Wildman–Crippen MR) is 153 cm³/mol. The number of nitrogens with one attached hydrogen (secondary N) is 1.